The summed E-state index contributed by atoms with van der Waals surface area (Å²) in [5.41, 5.74) is 4.85. The van der Waals surface area contributed by atoms with Gasteiger partial charge in [0.15, 0.2) is 0 Å². The van der Waals surface area contributed by atoms with Crippen LogP contribution in [0.1, 0.15) is 32.6 Å². The lowest BCUT2D eigenvalue weighted by Crippen LogP contribution is -2.30. The van der Waals surface area contributed by atoms with Gasteiger partial charge in [-0.05, 0) is 31.2 Å². The summed E-state index contributed by atoms with van der Waals surface area (Å²) in [5, 5.41) is 3.30. The predicted molar refractivity (Wildman–Crippen MR) is 59.5 cm³/mol. The maximum absolute atomic E-state index is 10.3. The van der Waals surface area contributed by atoms with Gasteiger partial charge in [0.05, 0.1) is 0 Å². The van der Waals surface area contributed by atoms with E-state index in [9.17, 15) is 4.79 Å². The Bertz CT molecular complexity index is 197. The number of primary amides is 1. The van der Waals surface area contributed by atoms with Crippen molar-refractivity contribution < 1.29 is 9.53 Å². The Morgan fingerprint density at radius 3 is 3.00 bits per heavy atom. The van der Waals surface area contributed by atoms with E-state index in [1.165, 1.54) is 25.7 Å². The number of rotatable bonds is 5. The summed E-state index contributed by atoms with van der Waals surface area (Å²) in [6.45, 7) is 4.43. The second-order valence-corrected chi connectivity index (χ2v) is 4.51. The van der Waals surface area contributed by atoms with E-state index in [4.69, 9.17) is 5.73 Å². The van der Waals surface area contributed by atoms with Gasteiger partial charge in [0.2, 0.25) is 0 Å². The summed E-state index contributed by atoms with van der Waals surface area (Å²) in [6.07, 6.45) is 4.69. The van der Waals surface area contributed by atoms with Crippen molar-refractivity contribution in [2.45, 2.75) is 32.6 Å². The number of carbonyl (C=O) groups excluding carboxylic acids is 1. The highest BCUT2D eigenvalue weighted by atomic mass is 16.5. The van der Waals surface area contributed by atoms with E-state index in [1.54, 1.807) is 0 Å². The molecule has 0 bridgehead atoms. The van der Waals surface area contributed by atoms with Gasteiger partial charge in [-0.3, -0.25) is 0 Å². The maximum atomic E-state index is 10.3. The Labute approximate surface area is 91.5 Å². The van der Waals surface area contributed by atoms with Crippen molar-refractivity contribution in [2.75, 3.05) is 19.7 Å². The standard InChI is InChI=1S/C11H22N2O2/c1-9-3-2-4-10(7-9)8-13-5-6-15-11(12)14/h9-10,13H,2-8H2,1H3,(H2,12,14). The summed E-state index contributed by atoms with van der Waals surface area (Å²) in [5.74, 6) is 1.66. The fourth-order valence-corrected chi connectivity index (χ4v) is 2.28. The molecular weight excluding hydrogens is 192 g/mol. The van der Waals surface area contributed by atoms with Crippen LogP contribution in [0.3, 0.4) is 0 Å². The Balaban J connectivity index is 1.97. The Morgan fingerprint density at radius 1 is 1.53 bits per heavy atom. The molecule has 1 amide bonds. The lowest BCUT2D eigenvalue weighted by molar-refractivity contribution is 0.156. The van der Waals surface area contributed by atoms with Crippen LogP contribution in [0.15, 0.2) is 0 Å². The molecule has 3 N–H and O–H groups in total. The van der Waals surface area contributed by atoms with E-state index in [1.807, 2.05) is 0 Å². The highest BCUT2D eigenvalue weighted by Crippen LogP contribution is 2.27. The third kappa shape index (κ3) is 5.62. The van der Waals surface area contributed by atoms with Crippen LogP contribution in [0.25, 0.3) is 0 Å². The first-order chi connectivity index (χ1) is 7.18. The van der Waals surface area contributed by atoms with Gasteiger partial charge in [-0.1, -0.05) is 19.8 Å². The number of carbonyl (C=O) groups is 1. The molecule has 4 nitrogen and oxygen atoms in total. The van der Waals surface area contributed by atoms with E-state index in [0.29, 0.717) is 13.2 Å². The van der Waals surface area contributed by atoms with Crippen LogP contribution >= 0.6 is 0 Å². The largest absolute Gasteiger partial charge is 0.448 e. The Morgan fingerprint density at radius 2 is 2.33 bits per heavy atom. The van der Waals surface area contributed by atoms with Crippen LogP contribution in [0.2, 0.25) is 0 Å². The lowest BCUT2D eigenvalue weighted by atomic mass is 9.82. The molecule has 0 aromatic heterocycles. The van der Waals surface area contributed by atoms with Crippen LogP contribution in [0.4, 0.5) is 4.79 Å². The van der Waals surface area contributed by atoms with E-state index < -0.39 is 6.09 Å². The molecule has 1 aliphatic carbocycles. The first kappa shape index (κ1) is 12.3. The molecule has 1 rings (SSSR count). The number of ether oxygens (including phenoxy) is 1. The van der Waals surface area contributed by atoms with Crippen LogP contribution < -0.4 is 11.1 Å². The topological polar surface area (TPSA) is 64.3 Å². The first-order valence-electron chi connectivity index (χ1n) is 5.81. The second kappa shape index (κ2) is 6.67. The molecule has 0 aromatic rings. The van der Waals surface area contributed by atoms with Gasteiger partial charge in [0.25, 0.3) is 0 Å². The molecule has 0 saturated heterocycles. The summed E-state index contributed by atoms with van der Waals surface area (Å²) in [4.78, 5) is 10.3. The number of amides is 1. The number of hydrogen-bond donors (Lipinski definition) is 2. The molecule has 0 aromatic carbocycles. The zero-order chi connectivity index (χ0) is 11.1. The molecule has 2 atom stereocenters. The third-order valence-corrected chi connectivity index (χ3v) is 3.00. The van der Waals surface area contributed by atoms with Crippen molar-refractivity contribution in [1.82, 2.24) is 5.32 Å². The quantitative estimate of drug-likeness (QED) is 0.682. The van der Waals surface area contributed by atoms with Gasteiger partial charge < -0.3 is 15.8 Å². The zero-order valence-corrected chi connectivity index (χ0v) is 9.50. The van der Waals surface area contributed by atoms with Crippen LogP contribution in [0.5, 0.6) is 0 Å². The van der Waals surface area contributed by atoms with E-state index in [2.05, 4.69) is 17.0 Å². The van der Waals surface area contributed by atoms with Crippen molar-refractivity contribution >= 4 is 6.09 Å². The third-order valence-electron chi connectivity index (χ3n) is 3.00. The minimum Gasteiger partial charge on any atom is -0.448 e. The molecule has 88 valence electrons. The summed E-state index contributed by atoms with van der Waals surface area (Å²) in [7, 11) is 0. The molecule has 0 aliphatic heterocycles. The molecule has 4 heteroatoms. The van der Waals surface area contributed by atoms with Crippen molar-refractivity contribution in [3.63, 3.8) is 0 Å². The van der Waals surface area contributed by atoms with Gasteiger partial charge >= 0.3 is 6.09 Å². The molecule has 0 heterocycles. The highest BCUT2D eigenvalue weighted by molar-refractivity contribution is 5.64. The van der Waals surface area contributed by atoms with Crippen LogP contribution in [-0.4, -0.2) is 25.8 Å². The van der Waals surface area contributed by atoms with E-state index in [-0.39, 0.29) is 0 Å². The van der Waals surface area contributed by atoms with Crippen molar-refractivity contribution in [3.8, 4) is 0 Å². The highest BCUT2D eigenvalue weighted by Gasteiger charge is 2.17. The average Bonchev–Trinajstić information content (AvgIpc) is 2.17. The fourth-order valence-electron chi connectivity index (χ4n) is 2.28. The molecule has 1 fully saturated rings. The molecule has 1 saturated carbocycles. The van der Waals surface area contributed by atoms with Crippen LogP contribution in [0, 0.1) is 11.8 Å². The smallest absolute Gasteiger partial charge is 0.404 e. The normalized spacial score (nSPS) is 26.2. The lowest BCUT2D eigenvalue weighted by Gasteiger charge is -2.26. The molecule has 0 spiro atoms. The van der Waals surface area contributed by atoms with Crippen LogP contribution in [-0.2, 0) is 4.74 Å². The molecule has 1 aliphatic rings. The van der Waals surface area contributed by atoms with Gasteiger partial charge in [0, 0.05) is 6.54 Å². The Kier molecular flexibility index (Phi) is 5.47. The average molecular weight is 214 g/mol. The van der Waals surface area contributed by atoms with E-state index in [0.717, 1.165) is 18.4 Å². The molecular formula is C11H22N2O2. The number of hydrogen-bond acceptors (Lipinski definition) is 3. The van der Waals surface area contributed by atoms with Gasteiger partial charge in [0.1, 0.15) is 6.61 Å². The summed E-state index contributed by atoms with van der Waals surface area (Å²) in [6, 6.07) is 0. The minimum atomic E-state index is -0.692. The maximum Gasteiger partial charge on any atom is 0.404 e. The summed E-state index contributed by atoms with van der Waals surface area (Å²) >= 11 is 0. The monoisotopic (exact) mass is 214 g/mol. The Hall–Kier alpha value is -0.770. The first-order valence-corrected chi connectivity index (χ1v) is 5.81. The van der Waals surface area contributed by atoms with Crippen molar-refractivity contribution in [2.24, 2.45) is 17.6 Å². The second-order valence-electron chi connectivity index (χ2n) is 4.51. The van der Waals surface area contributed by atoms with Crippen molar-refractivity contribution in [1.29, 1.82) is 0 Å². The predicted octanol–water partition coefficient (Wildman–Crippen LogP) is 1.50. The van der Waals surface area contributed by atoms with Crippen molar-refractivity contribution in [3.05, 3.63) is 0 Å². The van der Waals surface area contributed by atoms with Gasteiger partial charge in [-0.2, -0.15) is 0 Å². The van der Waals surface area contributed by atoms with Gasteiger partial charge in [-0.25, -0.2) is 4.79 Å². The number of nitrogens with one attached hydrogen (secondary N) is 1. The number of nitrogens with two attached hydrogens (primary N) is 1. The SMILES string of the molecule is CC1CCCC(CNCCOC(N)=O)C1. The van der Waals surface area contributed by atoms with Gasteiger partial charge in [-0.15, -0.1) is 0 Å². The van der Waals surface area contributed by atoms with E-state index >= 15 is 0 Å². The summed E-state index contributed by atoms with van der Waals surface area (Å²) < 4.78 is 4.63. The fraction of sp³-hybridized carbons (Fsp3) is 0.909. The zero-order valence-electron chi connectivity index (χ0n) is 9.50. The molecule has 0 radical (unpaired) electrons. The molecule has 15 heavy (non-hydrogen) atoms. The molecule has 2 unspecified atom stereocenters. The minimum absolute atomic E-state index is 0.373.